The molecule has 7 heteroatoms. The van der Waals surface area contributed by atoms with E-state index in [9.17, 15) is 9.90 Å². The van der Waals surface area contributed by atoms with Gasteiger partial charge in [-0.1, -0.05) is 26.8 Å². The fourth-order valence-electron chi connectivity index (χ4n) is 4.53. The quantitative estimate of drug-likeness (QED) is 0.394. The number of hydrazone groups is 1. The summed E-state index contributed by atoms with van der Waals surface area (Å²) < 4.78 is 16.7. The summed E-state index contributed by atoms with van der Waals surface area (Å²) >= 11 is 0. The van der Waals surface area contributed by atoms with Crippen molar-refractivity contribution in [2.75, 3.05) is 14.2 Å². The lowest BCUT2D eigenvalue weighted by molar-refractivity contribution is -0.120. The number of furan rings is 1. The number of hydrogen-bond acceptors (Lipinski definition) is 6. The highest BCUT2D eigenvalue weighted by atomic mass is 16.5. The number of benzene rings is 2. The van der Waals surface area contributed by atoms with E-state index in [-0.39, 0.29) is 23.5 Å². The highest BCUT2D eigenvalue weighted by molar-refractivity contribution is 6.04. The zero-order valence-corrected chi connectivity index (χ0v) is 20.4. The molecule has 1 aromatic heterocycles. The topological polar surface area (TPSA) is 93.3 Å². The average Bonchev–Trinajstić information content (AvgIpc) is 3.18. The summed E-state index contributed by atoms with van der Waals surface area (Å²) in [6, 6.07) is 7.28. The highest BCUT2D eigenvalue weighted by Gasteiger charge is 2.27. The Balaban J connectivity index is 1.62. The van der Waals surface area contributed by atoms with Crippen LogP contribution in [0.3, 0.4) is 0 Å². The second-order valence-corrected chi connectivity index (χ2v) is 9.68. The monoisotopic (exact) mass is 464 g/mol. The summed E-state index contributed by atoms with van der Waals surface area (Å²) in [5.41, 5.74) is 6.33. The van der Waals surface area contributed by atoms with Gasteiger partial charge in [0.05, 0.1) is 26.9 Å². The lowest BCUT2D eigenvalue weighted by Crippen LogP contribution is -2.20. The van der Waals surface area contributed by atoms with Crippen LogP contribution in [0.5, 0.6) is 17.2 Å². The Bertz CT molecular complexity index is 1250. The number of phenolic OH excluding ortho intramolecular Hbond substituents is 1. The predicted molar refractivity (Wildman–Crippen MR) is 132 cm³/mol. The maximum atomic E-state index is 12.5. The average molecular weight is 465 g/mol. The van der Waals surface area contributed by atoms with Crippen LogP contribution in [0.2, 0.25) is 0 Å². The number of fused-ring (bicyclic) bond motifs is 3. The molecule has 0 unspecified atom stereocenters. The molecule has 1 aliphatic rings. The number of carbonyl (C=O) groups excluding carboxylic acids is 1. The van der Waals surface area contributed by atoms with Gasteiger partial charge in [0.2, 0.25) is 5.91 Å². The van der Waals surface area contributed by atoms with Gasteiger partial charge in [0.25, 0.3) is 0 Å². The molecular formula is C27H32N2O5. The number of ether oxygens (including phenoxy) is 2. The van der Waals surface area contributed by atoms with Crippen molar-refractivity contribution in [3.63, 3.8) is 0 Å². The summed E-state index contributed by atoms with van der Waals surface area (Å²) in [7, 11) is 3.12. The SMILES string of the molecule is COc1ccc(CC(=O)N/N=C/c2c(O)c(C(C)(C)C)cc3oc4c(c23)CCCC4)cc1OC. The van der Waals surface area contributed by atoms with E-state index in [1.807, 2.05) is 32.9 Å². The first-order valence-corrected chi connectivity index (χ1v) is 11.6. The van der Waals surface area contributed by atoms with E-state index >= 15 is 0 Å². The summed E-state index contributed by atoms with van der Waals surface area (Å²) in [6.45, 7) is 6.13. The van der Waals surface area contributed by atoms with Crippen molar-refractivity contribution in [1.82, 2.24) is 5.43 Å². The van der Waals surface area contributed by atoms with E-state index in [0.717, 1.165) is 59.1 Å². The largest absolute Gasteiger partial charge is 0.507 e. The molecule has 1 aliphatic carbocycles. The normalized spacial score (nSPS) is 13.8. The van der Waals surface area contributed by atoms with Gasteiger partial charge in [-0.2, -0.15) is 5.10 Å². The standard InChI is InChI=1S/C27H32N2O5/c1-27(2,3)19-14-23-25(17-8-6-7-9-20(17)34-23)18(26(19)31)15-28-29-24(30)13-16-10-11-21(32-4)22(12-16)33-5/h10-12,14-15,31H,6-9,13H2,1-5H3,(H,29,30)/b28-15+. The molecule has 180 valence electrons. The summed E-state index contributed by atoms with van der Waals surface area (Å²) in [6.07, 6.45) is 5.64. The van der Waals surface area contributed by atoms with Gasteiger partial charge in [0.1, 0.15) is 17.1 Å². The molecule has 0 fully saturated rings. The van der Waals surface area contributed by atoms with Crippen molar-refractivity contribution in [1.29, 1.82) is 0 Å². The van der Waals surface area contributed by atoms with Crippen LogP contribution in [0.15, 0.2) is 33.8 Å². The summed E-state index contributed by atoms with van der Waals surface area (Å²) in [5, 5.41) is 16.3. The minimum atomic E-state index is -0.287. The van der Waals surface area contributed by atoms with Gasteiger partial charge >= 0.3 is 0 Å². The zero-order valence-electron chi connectivity index (χ0n) is 20.4. The summed E-state index contributed by atoms with van der Waals surface area (Å²) in [5.74, 6) is 2.05. The second-order valence-electron chi connectivity index (χ2n) is 9.68. The molecule has 4 rings (SSSR count). The highest BCUT2D eigenvalue weighted by Crippen LogP contribution is 2.42. The molecule has 0 aliphatic heterocycles. The number of phenols is 1. The van der Waals surface area contributed by atoms with Gasteiger partial charge in [-0.25, -0.2) is 5.43 Å². The molecule has 0 bridgehead atoms. The number of nitrogens with one attached hydrogen (secondary N) is 1. The number of hydrogen-bond donors (Lipinski definition) is 2. The number of aryl methyl sites for hydroxylation is 2. The van der Waals surface area contributed by atoms with E-state index in [0.29, 0.717) is 17.1 Å². The minimum Gasteiger partial charge on any atom is -0.507 e. The maximum absolute atomic E-state index is 12.5. The smallest absolute Gasteiger partial charge is 0.244 e. The Hall–Kier alpha value is -3.48. The van der Waals surface area contributed by atoms with Crippen LogP contribution in [0.25, 0.3) is 11.0 Å². The zero-order chi connectivity index (χ0) is 24.5. The Morgan fingerprint density at radius 3 is 2.59 bits per heavy atom. The lowest BCUT2D eigenvalue weighted by Gasteiger charge is -2.21. The minimum absolute atomic E-state index is 0.127. The molecule has 0 saturated carbocycles. The molecule has 7 nitrogen and oxygen atoms in total. The predicted octanol–water partition coefficient (Wildman–Crippen LogP) is 5.02. The molecule has 34 heavy (non-hydrogen) atoms. The van der Waals surface area contributed by atoms with Crippen molar-refractivity contribution in [3.8, 4) is 17.2 Å². The van der Waals surface area contributed by atoms with Gasteiger partial charge in [0.15, 0.2) is 11.5 Å². The van der Waals surface area contributed by atoms with E-state index in [2.05, 4.69) is 10.5 Å². The van der Waals surface area contributed by atoms with Crippen LogP contribution in [-0.2, 0) is 29.5 Å². The fourth-order valence-corrected chi connectivity index (χ4v) is 4.53. The van der Waals surface area contributed by atoms with Gasteiger partial charge < -0.3 is 19.0 Å². The fraction of sp³-hybridized carbons (Fsp3) is 0.407. The third kappa shape index (κ3) is 4.60. The maximum Gasteiger partial charge on any atom is 0.244 e. The molecule has 1 heterocycles. The Labute approximate surface area is 199 Å². The number of amides is 1. The van der Waals surface area contributed by atoms with Crippen LogP contribution in [-0.4, -0.2) is 31.4 Å². The number of nitrogens with zero attached hydrogens (tertiary/aromatic N) is 1. The van der Waals surface area contributed by atoms with E-state index in [1.54, 1.807) is 26.4 Å². The summed E-state index contributed by atoms with van der Waals surface area (Å²) in [4.78, 5) is 12.5. The lowest BCUT2D eigenvalue weighted by atomic mass is 9.83. The molecule has 0 radical (unpaired) electrons. The van der Waals surface area contributed by atoms with E-state index in [1.165, 1.54) is 6.21 Å². The Kier molecular flexibility index (Phi) is 6.55. The van der Waals surface area contributed by atoms with Crippen molar-refractivity contribution < 1.29 is 23.8 Å². The van der Waals surface area contributed by atoms with Crippen LogP contribution in [0, 0.1) is 0 Å². The van der Waals surface area contributed by atoms with Crippen molar-refractivity contribution >= 4 is 23.1 Å². The first-order valence-electron chi connectivity index (χ1n) is 11.6. The van der Waals surface area contributed by atoms with Gasteiger partial charge in [-0.05, 0) is 48.4 Å². The molecule has 2 aromatic carbocycles. The first-order chi connectivity index (χ1) is 16.2. The van der Waals surface area contributed by atoms with Crippen molar-refractivity contribution in [2.45, 2.75) is 58.3 Å². The van der Waals surface area contributed by atoms with Crippen LogP contribution in [0.1, 0.15) is 61.6 Å². The second kappa shape index (κ2) is 9.41. The van der Waals surface area contributed by atoms with Crippen molar-refractivity contribution in [2.24, 2.45) is 5.10 Å². The number of aromatic hydroxyl groups is 1. The number of carbonyl (C=O) groups is 1. The van der Waals surface area contributed by atoms with E-state index in [4.69, 9.17) is 13.9 Å². The Morgan fingerprint density at radius 1 is 1.15 bits per heavy atom. The molecule has 0 atom stereocenters. The van der Waals surface area contributed by atoms with Gasteiger partial charge in [-0.3, -0.25) is 4.79 Å². The van der Waals surface area contributed by atoms with Crippen molar-refractivity contribution in [3.05, 3.63) is 52.3 Å². The van der Waals surface area contributed by atoms with Crippen LogP contribution >= 0.6 is 0 Å². The third-order valence-corrected chi connectivity index (χ3v) is 6.26. The molecule has 0 saturated heterocycles. The molecule has 2 N–H and O–H groups in total. The van der Waals surface area contributed by atoms with Crippen LogP contribution < -0.4 is 14.9 Å². The number of rotatable bonds is 6. The molecule has 0 spiro atoms. The molecule has 1 amide bonds. The third-order valence-electron chi connectivity index (χ3n) is 6.26. The van der Waals surface area contributed by atoms with Crippen LogP contribution in [0.4, 0.5) is 0 Å². The van der Waals surface area contributed by atoms with Gasteiger partial charge in [0, 0.05) is 28.5 Å². The van der Waals surface area contributed by atoms with Gasteiger partial charge in [-0.15, -0.1) is 0 Å². The molecular weight excluding hydrogens is 432 g/mol. The van der Waals surface area contributed by atoms with E-state index < -0.39 is 0 Å². The molecule has 3 aromatic rings. The number of methoxy groups -OCH3 is 2. The Morgan fingerprint density at radius 2 is 1.88 bits per heavy atom. The first kappa shape index (κ1) is 23.7.